The summed E-state index contributed by atoms with van der Waals surface area (Å²) in [4.78, 5) is 18.8. The minimum absolute atomic E-state index is 0.157. The van der Waals surface area contributed by atoms with Crippen molar-refractivity contribution < 1.29 is 13.6 Å². The second-order valence-electron chi connectivity index (χ2n) is 6.31. The van der Waals surface area contributed by atoms with E-state index in [2.05, 4.69) is 4.98 Å². The Morgan fingerprint density at radius 2 is 2.19 bits per heavy atom. The van der Waals surface area contributed by atoms with Gasteiger partial charge in [-0.15, -0.1) is 0 Å². The summed E-state index contributed by atoms with van der Waals surface area (Å²) in [5, 5.41) is 0.371. The van der Waals surface area contributed by atoms with E-state index in [1.165, 1.54) is 12.3 Å². The molecule has 0 spiro atoms. The molecular formula is C19H17ClFN3O2. The van der Waals surface area contributed by atoms with Crippen LogP contribution >= 0.6 is 11.6 Å². The van der Waals surface area contributed by atoms with E-state index in [0.717, 1.165) is 12.8 Å². The molecule has 1 fully saturated rings. The van der Waals surface area contributed by atoms with Crippen molar-refractivity contribution in [1.29, 1.82) is 0 Å². The third kappa shape index (κ3) is 3.37. The molecule has 7 heteroatoms. The Kier molecular flexibility index (Phi) is 4.51. The standard InChI is InChI=1S/C19H17ClFN3O2/c20-15-3-1-4-16(21)14(15)11-23-9-8-22-18(23)12-24(13-6-7-13)19(25)17-5-2-10-26-17/h1-5,8-10,13H,6-7,11-12H2. The van der Waals surface area contributed by atoms with Gasteiger partial charge < -0.3 is 13.9 Å². The number of carbonyl (C=O) groups is 1. The molecule has 3 aromatic rings. The van der Waals surface area contributed by atoms with Gasteiger partial charge in [-0.25, -0.2) is 9.37 Å². The lowest BCUT2D eigenvalue weighted by atomic mass is 10.2. The molecule has 0 saturated heterocycles. The van der Waals surface area contributed by atoms with E-state index in [0.29, 0.717) is 28.7 Å². The normalized spacial score (nSPS) is 13.8. The lowest BCUT2D eigenvalue weighted by Gasteiger charge is -2.21. The lowest BCUT2D eigenvalue weighted by molar-refractivity contribution is 0.0691. The molecule has 4 rings (SSSR count). The molecular weight excluding hydrogens is 357 g/mol. The van der Waals surface area contributed by atoms with Gasteiger partial charge in [0.2, 0.25) is 0 Å². The summed E-state index contributed by atoms with van der Waals surface area (Å²) in [5.74, 6) is 0.474. The predicted octanol–water partition coefficient (Wildman–Crippen LogP) is 4.12. The fraction of sp³-hybridized carbons (Fsp3) is 0.263. The number of amides is 1. The van der Waals surface area contributed by atoms with E-state index < -0.39 is 0 Å². The molecule has 1 amide bonds. The molecule has 0 aliphatic heterocycles. The van der Waals surface area contributed by atoms with Gasteiger partial charge in [0, 0.05) is 29.0 Å². The maximum absolute atomic E-state index is 14.1. The van der Waals surface area contributed by atoms with Crippen LogP contribution in [0.4, 0.5) is 4.39 Å². The van der Waals surface area contributed by atoms with Crippen LogP contribution in [0.5, 0.6) is 0 Å². The summed E-state index contributed by atoms with van der Waals surface area (Å²) in [6.45, 7) is 0.595. The second-order valence-corrected chi connectivity index (χ2v) is 6.72. The number of benzene rings is 1. The zero-order valence-electron chi connectivity index (χ0n) is 13.9. The Morgan fingerprint density at radius 3 is 2.88 bits per heavy atom. The molecule has 0 bridgehead atoms. The fourth-order valence-corrected chi connectivity index (χ4v) is 3.16. The summed E-state index contributed by atoms with van der Waals surface area (Å²) < 4.78 is 21.2. The number of hydrogen-bond donors (Lipinski definition) is 0. The van der Waals surface area contributed by atoms with Gasteiger partial charge in [-0.3, -0.25) is 4.79 Å². The Hall–Kier alpha value is -2.60. The summed E-state index contributed by atoms with van der Waals surface area (Å²) >= 11 is 6.13. The summed E-state index contributed by atoms with van der Waals surface area (Å²) in [6, 6.07) is 8.16. The molecule has 0 N–H and O–H groups in total. The smallest absolute Gasteiger partial charge is 0.290 e. The van der Waals surface area contributed by atoms with Gasteiger partial charge in [0.05, 0.1) is 19.4 Å². The first-order chi connectivity index (χ1) is 12.6. The van der Waals surface area contributed by atoms with E-state index in [1.54, 1.807) is 41.6 Å². The molecule has 0 atom stereocenters. The van der Waals surface area contributed by atoms with Crippen LogP contribution < -0.4 is 0 Å². The van der Waals surface area contributed by atoms with Crippen LogP contribution in [-0.4, -0.2) is 26.4 Å². The second kappa shape index (κ2) is 6.96. The SMILES string of the molecule is O=C(c1ccco1)N(Cc1nccn1Cc1c(F)cccc1Cl)C1CC1. The zero-order chi connectivity index (χ0) is 18.1. The Labute approximate surface area is 155 Å². The average Bonchev–Trinajstić information content (AvgIpc) is 3.14. The van der Waals surface area contributed by atoms with Gasteiger partial charge in [-0.2, -0.15) is 0 Å². The molecule has 26 heavy (non-hydrogen) atoms. The maximum Gasteiger partial charge on any atom is 0.290 e. The Bertz CT molecular complexity index is 899. The van der Waals surface area contributed by atoms with Crippen LogP contribution in [0.2, 0.25) is 5.02 Å². The number of rotatable bonds is 6. The molecule has 2 heterocycles. The Morgan fingerprint density at radius 1 is 1.35 bits per heavy atom. The first-order valence-electron chi connectivity index (χ1n) is 8.41. The average molecular weight is 374 g/mol. The highest BCUT2D eigenvalue weighted by Gasteiger charge is 2.35. The van der Waals surface area contributed by atoms with Gasteiger partial charge in [-0.05, 0) is 37.1 Å². The van der Waals surface area contributed by atoms with Crippen LogP contribution in [0.1, 0.15) is 34.8 Å². The fourth-order valence-electron chi connectivity index (χ4n) is 2.94. The van der Waals surface area contributed by atoms with E-state index in [4.69, 9.17) is 16.0 Å². The van der Waals surface area contributed by atoms with Crippen molar-refractivity contribution in [3.8, 4) is 0 Å². The van der Waals surface area contributed by atoms with Crippen LogP contribution in [0.15, 0.2) is 53.4 Å². The number of imidazole rings is 1. The van der Waals surface area contributed by atoms with Crippen molar-refractivity contribution in [3.05, 3.63) is 77.0 Å². The van der Waals surface area contributed by atoms with Crippen molar-refractivity contribution in [1.82, 2.24) is 14.5 Å². The zero-order valence-corrected chi connectivity index (χ0v) is 14.7. The van der Waals surface area contributed by atoms with Gasteiger partial charge >= 0.3 is 0 Å². The van der Waals surface area contributed by atoms with E-state index in [1.807, 2.05) is 4.57 Å². The monoisotopic (exact) mass is 373 g/mol. The van der Waals surface area contributed by atoms with Crippen LogP contribution in [0.3, 0.4) is 0 Å². The predicted molar refractivity (Wildman–Crippen MR) is 94.3 cm³/mol. The Balaban J connectivity index is 1.57. The third-order valence-electron chi connectivity index (χ3n) is 4.48. The number of aromatic nitrogens is 2. The topological polar surface area (TPSA) is 51.3 Å². The van der Waals surface area contributed by atoms with Gasteiger partial charge in [0.1, 0.15) is 11.6 Å². The van der Waals surface area contributed by atoms with E-state index in [9.17, 15) is 9.18 Å². The lowest BCUT2D eigenvalue weighted by Crippen LogP contribution is -2.33. The quantitative estimate of drug-likeness (QED) is 0.653. The van der Waals surface area contributed by atoms with Crippen molar-refractivity contribution >= 4 is 17.5 Å². The van der Waals surface area contributed by atoms with Gasteiger partial charge in [-0.1, -0.05) is 17.7 Å². The number of halogens is 2. The van der Waals surface area contributed by atoms with Crippen LogP contribution in [0, 0.1) is 5.82 Å². The largest absolute Gasteiger partial charge is 0.459 e. The van der Waals surface area contributed by atoms with Crippen LogP contribution in [-0.2, 0) is 13.1 Å². The number of nitrogens with zero attached hydrogens (tertiary/aromatic N) is 3. The molecule has 0 radical (unpaired) electrons. The highest BCUT2D eigenvalue weighted by atomic mass is 35.5. The molecule has 1 aliphatic carbocycles. The molecule has 2 aromatic heterocycles. The first-order valence-corrected chi connectivity index (χ1v) is 8.78. The van der Waals surface area contributed by atoms with E-state index in [-0.39, 0.29) is 24.3 Å². The minimum Gasteiger partial charge on any atom is -0.459 e. The minimum atomic E-state index is -0.358. The van der Waals surface area contributed by atoms with Crippen molar-refractivity contribution in [2.75, 3.05) is 0 Å². The summed E-state index contributed by atoms with van der Waals surface area (Å²) in [7, 11) is 0. The first kappa shape index (κ1) is 16.8. The molecule has 1 saturated carbocycles. The van der Waals surface area contributed by atoms with Gasteiger partial charge in [0.15, 0.2) is 5.76 Å². The van der Waals surface area contributed by atoms with Crippen molar-refractivity contribution in [2.45, 2.75) is 32.0 Å². The number of carbonyl (C=O) groups excluding carboxylic acids is 1. The van der Waals surface area contributed by atoms with Crippen LogP contribution in [0.25, 0.3) is 0 Å². The number of hydrogen-bond acceptors (Lipinski definition) is 3. The molecule has 1 aromatic carbocycles. The maximum atomic E-state index is 14.1. The molecule has 134 valence electrons. The van der Waals surface area contributed by atoms with E-state index >= 15 is 0 Å². The number of furan rings is 1. The highest BCUT2D eigenvalue weighted by molar-refractivity contribution is 6.31. The molecule has 1 aliphatic rings. The van der Waals surface area contributed by atoms with Crippen molar-refractivity contribution in [2.24, 2.45) is 0 Å². The summed E-state index contributed by atoms with van der Waals surface area (Å²) in [6.07, 6.45) is 6.82. The van der Waals surface area contributed by atoms with Crippen molar-refractivity contribution in [3.63, 3.8) is 0 Å². The molecule has 5 nitrogen and oxygen atoms in total. The molecule has 0 unspecified atom stereocenters. The highest BCUT2D eigenvalue weighted by Crippen LogP contribution is 2.30. The summed E-state index contributed by atoms with van der Waals surface area (Å²) in [5.41, 5.74) is 0.406. The van der Waals surface area contributed by atoms with Gasteiger partial charge in [0.25, 0.3) is 5.91 Å². The third-order valence-corrected chi connectivity index (χ3v) is 4.84.